The van der Waals surface area contributed by atoms with Gasteiger partial charge in [-0.1, -0.05) is 88.6 Å². The Bertz CT molecular complexity index is 1850. The molecule has 0 unspecified atom stereocenters. The molecule has 4 aromatic rings. The van der Waals surface area contributed by atoms with E-state index in [1.54, 1.807) is 72.8 Å². The molecule has 0 aromatic heterocycles. The number of aliphatic imine (C=N–C) groups is 1. The van der Waals surface area contributed by atoms with Crippen LogP contribution in [0, 0.1) is 6.92 Å². The highest BCUT2D eigenvalue weighted by Crippen LogP contribution is 2.46. The second kappa shape index (κ2) is 16.1. The van der Waals surface area contributed by atoms with Crippen LogP contribution in [0.4, 0.5) is 11.4 Å². The van der Waals surface area contributed by atoms with E-state index in [1.807, 2.05) is 31.2 Å². The third kappa shape index (κ3) is 7.92. The molecule has 48 heavy (non-hydrogen) atoms. The van der Waals surface area contributed by atoms with Gasteiger partial charge in [0, 0.05) is 58.3 Å². The van der Waals surface area contributed by atoms with E-state index in [-0.39, 0.29) is 24.6 Å². The fraction of sp³-hybridized carbons (Fsp3) is 0.257. The van der Waals surface area contributed by atoms with Crippen molar-refractivity contribution in [3.8, 4) is 5.75 Å². The summed E-state index contributed by atoms with van der Waals surface area (Å²) in [7, 11) is 0. The molecule has 244 valence electrons. The minimum atomic E-state index is -1.65. The Hall–Kier alpha value is -5.84. The Morgan fingerprint density at radius 2 is 1.65 bits per heavy atom. The van der Waals surface area contributed by atoms with E-state index in [2.05, 4.69) is 30.9 Å². The lowest BCUT2D eigenvalue weighted by atomic mass is 9.81. The lowest BCUT2D eigenvalue weighted by Gasteiger charge is -2.31. The van der Waals surface area contributed by atoms with Crippen LogP contribution in [-0.2, 0) is 22.4 Å². The number of hydrazine groups is 1. The van der Waals surface area contributed by atoms with Gasteiger partial charge in [0.15, 0.2) is 11.6 Å². The molecule has 13 heteroatoms. The van der Waals surface area contributed by atoms with Crippen LogP contribution in [-0.4, -0.2) is 42.2 Å². The molecule has 4 aromatic carbocycles. The number of hydrogen-bond donors (Lipinski definition) is 3. The van der Waals surface area contributed by atoms with Crippen LogP contribution in [0.3, 0.4) is 0 Å². The number of aliphatic hydroxyl groups excluding tert-OH is 1. The number of carbonyl (C=O) groups is 1. The van der Waals surface area contributed by atoms with Gasteiger partial charge in [-0.25, -0.2) is 10.4 Å². The molecular formula is C35H35N9O4. The van der Waals surface area contributed by atoms with E-state index < -0.39 is 17.6 Å². The van der Waals surface area contributed by atoms with Gasteiger partial charge in [-0.05, 0) is 59.8 Å². The van der Waals surface area contributed by atoms with Gasteiger partial charge in [0.25, 0.3) is 5.91 Å². The Morgan fingerprint density at radius 3 is 2.38 bits per heavy atom. The van der Waals surface area contributed by atoms with Crippen molar-refractivity contribution < 1.29 is 19.4 Å². The molecule has 0 spiro atoms. The number of hydrogen-bond acceptors (Lipinski definition) is 8. The molecule has 5 rings (SSSR count). The van der Waals surface area contributed by atoms with Crippen molar-refractivity contribution >= 4 is 23.2 Å². The minimum absolute atomic E-state index is 0.0191. The average molecular weight is 646 g/mol. The zero-order valence-corrected chi connectivity index (χ0v) is 26.4. The second-order valence-corrected chi connectivity index (χ2v) is 11.1. The maximum Gasteiger partial charge on any atom is 0.266 e. The predicted octanol–water partition coefficient (Wildman–Crippen LogP) is 7.00. The maximum atomic E-state index is 14.5. The molecule has 0 fully saturated rings. The molecule has 1 amide bonds. The number of ether oxygens (including phenoxy) is 2. The van der Waals surface area contributed by atoms with Gasteiger partial charge in [-0.2, -0.15) is 0 Å². The van der Waals surface area contributed by atoms with Crippen molar-refractivity contribution in [1.29, 1.82) is 0 Å². The second-order valence-electron chi connectivity index (χ2n) is 11.1. The molecular weight excluding hydrogens is 610 g/mol. The number of amides is 1. The number of azide groups is 2. The minimum Gasteiger partial charge on any atom is -0.494 e. The largest absolute Gasteiger partial charge is 0.494 e. The zero-order valence-electron chi connectivity index (χ0n) is 26.4. The topological polar surface area (TPSA) is 190 Å². The van der Waals surface area contributed by atoms with E-state index >= 15 is 0 Å². The number of aliphatic hydroxyl groups is 1. The molecule has 1 aliphatic rings. The summed E-state index contributed by atoms with van der Waals surface area (Å²) in [6, 6.07) is 29.0. The zero-order chi connectivity index (χ0) is 33.8. The SMILES string of the molecule is Cc1ccc(CCNNC(=O)[C@@]2(Cc3ccccc3N=[N+]=[N-])N=C(c3ccc(OCCCO)cc3)O[C@H]2c2ccccc2N=[N+]=[N-])cc1. The number of nitrogens with zero attached hydrogens (tertiary/aromatic N) is 7. The highest BCUT2D eigenvalue weighted by molar-refractivity contribution is 6.01. The summed E-state index contributed by atoms with van der Waals surface area (Å²) in [5.41, 5.74) is 27.4. The van der Waals surface area contributed by atoms with Gasteiger partial charge in [0.1, 0.15) is 5.75 Å². The standard InChI is InChI=1S/C35H35N9O4/c1-24-11-13-25(14-12-24)19-20-38-42-34(46)35(23-27-7-2-4-9-30(27)40-43-36)32(29-8-3-5-10-31(29)41-44-37)48-33(39-35)26-15-17-28(18-16-26)47-22-6-21-45/h2-5,7-18,32,38,45H,6,19-23H2,1H3,(H,42,46)/t32-,35-/m0/s1. The van der Waals surface area contributed by atoms with Gasteiger partial charge in [-0.3, -0.25) is 10.2 Å². The molecule has 0 aliphatic carbocycles. The van der Waals surface area contributed by atoms with Crippen molar-refractivity contribution in [1.82, 2.24) is 10.9 Å². The summed E-state index contributed by atoms with van der Waals surface area (Å²) in [4.78, 5) is 25.5. The first-order valence-corrected chi connectivity index (χ1v) is 15.4. The molecule has 3 N–H and O–H groups in total. The van der Waals surface area contributed by atoms with Gasteiger partial charge >= 0.3 is 0 Å². The lowest BCUT2D eigenvalue weighted by molar-refractivity contribution is -0.130. The van der Waals surface area contributed by atoms with Crippen LogP contribution in [0.2, 0.25) is 0 Å². The summed E-state index contributed by atoms with van der Waals surface area (Å²) in [6.45, 7) is 2.85. The molecule has 0 saturated carbocycles. The first-order chi connectivity index (χ1) is 23.5. The number of aryl methyl sites for hydroxylation is 1. The Kier molecular flexibility index (Phi) is 11.3. The molecule has 2 atom stereocenters. The van der Waals surface area contributed by atoms with Gasteiger partial charge in [0.2, 0.25) is 5.90 Å². The highest BCUT2D eigenvalue weighted by atomic mass is 16.5. The fourth-order valence-corrected chi connectivity index (χ4v) is 5.42. The Labute approximate surface area is 277 Å². The highest BCUT2D eigenvalue weighted by Gasteiger charge is 2.54. The van der Waals surface area contributed by atoms with Crippen LogP contribution >= 0.6 is 0 Å². The lowest BCUT2D eigenvalue weighted by Crippen LogP contribution is -2.54. The third-order valence-electron chi connectivity index (χ3n) is 7.87. The van der Waals surface area contributed by atoms with Crippen molar-refractivity contribution in [3.63, 3.8) is 0 Å². The van der Waals surface area contributed by atoms with Crippen molar-refractivity contribution in [3.05, 3.63) is 146 Å². The summed E-state index contributed by atoms with van der Waals surface area (Å²) in [6.07, 6.45) is 0.0913. The van der Waals surface area contributed by atoms with Gasteiger partial charge in [-0.15, -0.1) is 0 Å². The van der Waals surface area contributed by atoms with E-state index in [0.717, 1.165) is 11.1 Å². The predicted molar refractivity (Wildman–Crippen MR) is 182 cm³/mol. The monoisotopic (exact) mass is 645 g/mol. The van der Waals surface area contributed by atoms with E-state index in [1.165, 1.54) is 0 Å². The number of nitrogens with one attached hydrogen (secondary N) is 2. The fourth-order valence-electron chi connectivity index (χ4n) is 5.42. The molecule has 1 heterocycles. The summed E-state index contributed by atoms with van der Waals surface area (Å²) in [5.74, 6) is 0.289. The van der Waals surface area contributed by atoms with Crippen molar-refractivity contribution in [2.24, 2.45) is 15.2 Å². The third-order valence-corrected chi connectivity index (χ3v) is 7.87. The number of benzene rings is 4. The van der Waals surface area contributed by atoms with Crippen LogP contribution in [0.25, 0.3) is 20.9 Å². The molecule has 0 saturated heterocycles. The first-order valence-electron chi connectivity index (χ1n) is 15.4. The average Bonchev–Trinajstić information content (AvgIpc) is 3.49. The first kappa shape index (κ1) is 33.5. The maximum absolute atomic E-state index is 14.5. The smallest absolute Gasteiger partial charge is 0.266 e. The summed E-state index contributed by atoms with van der Waals surface area (Å²) in [5, 5.41) is 16.8. The van der Waals surface area contributed by atoms with Crippen molar-refractivity contribution in [2.45, 2.75) is 37.8 Å². The summed E-state index contributed by atoms with van der Waals surface area (Å²) >= 11 is 0. The summed E-state index contributed by atoms with van der Waals surface area (Å²) < 4.78 is 12.2. The van der Waals surface area contributed by atoms with Crippen LogP contribution < -0.4 is 15.6 Å². The normalized spacial score (nSPS) is 16.5. The molecule has 0 bridgehead atoms. The van der Waals surface area contributed by atoms with E-state index in [4.69, 9.17) is 19.6 Å². The van der Waals surface area contributed by atoms with Crippen molar-refractivity contribution in [2.75, 3.05) is 19.8 Å². The van der Waals surface area contributed by atoms with Gasteiger partial charge in [0.05, 0.1) is 6.61 Å². The van der Waals surface area contributed by atoms with Crippen LogP contribution in [0.5, 0.6) is 5.75 Å². The number of rotatable bonds is 15. The Morgan fingerprint density at radius 1 is 0.958 bits per heavy atom. The van der Waals surface area contributed by atoms with E-state index in [9.17, 15) is 15.9 Å². The van der Waals surface area contributed by atoms with E-state index in [0.29, 0.717) is 54.1 Å². The quantitative estimate of drug-likeness (QED) is 0.0411. The molecule has 13 nitrogen and oxygen atoms in total. The molecule has 1 aliphatic heterocycles. The van der Waals surface area contributed by atoms with Gasteiger partial charge < -0.3 is 14.6 Å². The van der Waals surface area contributed by atoms with Crippen LogP contribution in [0.1, 0.15) is 40.3 Å². The molecule has 0 radical (unpaired) electrons. The number of carbonyl (C=O) groups excluding carboxylic acids is 1. The van der Waals surface area contributed by atoms with Crippen LogP contribution in [0.15, 0.2) is 112 Å². The Balaban J connectivity index is 1.56.